The van der Waals surface area contributed by atoms with Crippen molar-refractivity contribution in [3.63, 3.8) is 0 Å². The van der Waals surface area contributed by atoms with Gasteiger partial charge in [0.2, 0.25) is 0 Å². The van der Waals surface area contributed by atoms with Crippen LogP contribution in [0.5, 0.6) is 0 Å². The Morgan fingerprint density at radius 1 is 1.32 bits per heavy atom. The van der Waals surface area contributed by atoms with Gasteiger partial charge in [-0.05, 0) is 17.7 Å². The zero-order valence-corrected chi connectivity index (χ0v) is 11.0. The first-order chi connectivity index (χ1) is 9.29. The lowest BCUT2D eigenvalue weighted by Gasteiger charge is -2.06. The minimum atomic E-state index is -0.0559. The lowest BCUT2D eigenvalue weighted by molar-refractivity contribution is 0.0963. The topological polar surface area (TPSA) is 59.0 Å². The third kappa shape index (κ3) is 3.93. The van der Waals surface area contributed by atoms with Crippen molar-refractivity contribution in [2.24, 2.45) is 0 Å². The lowest BCUT2D eigenvalue weighted by atomic mass is 10.1. The maximum atomic E-state index is 11.4. The van der Waals surface area contributed by atoms with E-state index < -0.39 is 0 Å². The van der Waals surface area contributed by atoms with E-state index in [1.54, 1.807) is 19.6 Å². The van der Waals surface area contributed by atoms with E-state index >= 15 is 0 Å². The quantitative estimate of drug-likeness (QED) is 0.761. The van der Waals surface area contributed by atoms with Crippen molar-refractivity contribution in [1.82, 2.24) is 20.2 Å². The number of hydrogen-bond donors (Lipinski definition) is 2. The van der Waals surface area contributed by atoms with Gasteiger partial charge in [0, 0.05) is 44.6 Å². The Morgan fingerprint density at radius 2 is 2.11 bits per heavy atom. The van der Waals surface area contributed by atoms with Crippen LogP contribution in [-0.2, 0) is 13.1 Å². The zero-order chi connectivity index (χ0) is 13.5. The van der Waals surface area contributed by atoms with Gasteiger partial charge in [0.1, 0.15) is 0 Å². The molecule has 0 saturated heterocycles. The van der Waals surface area contributed by atoms with Gasteiger partial charge in [-0.25, -0.2) is 4.98 Å². The van der Waals surface area contributed by atoms with E-state index in [9.17, 15) is 4.79 Å². The summed E-state index contributed by atoms with van der Waals surface area (Å²) in [6.07, 6.45) is 5.52. The molecule has 19 heavy (non-hydrogen) atoms. The monoisotopic (exact) mass is 258 g/mol. The third-order valence-corrected chi connectivity index (χ3v) is 2.88. The second kappa shape index (κ2) is 6.70. The molecule has 2 N–H and O–H groups in total. The number of nitrogens with one attached hydrogen (secondary N) is 2. The Bertz CT molecular complexity index is 505. The summed E-state index contributed by atoms with van der Waals surface area (Å²) in [7, 11) is 1.63. The number of carbonyl (C=O) groups excluding carboxylic acids is 1. The van der Waals surface area contributed by atoms with Gasteiger partial charge in [0.05, 0.1) is 6.33 Å². The molecule has 0 bridgehead atoms. The maximum Gasteiger partial charge on any atom is 0.251 e. The van der Waals surface area contributed by atoms with Gasteiger partial charge in [-0.15, -0.1) is 0 Å². The van der Waals surface area contributed by atoms with Crippen molar-refractivity contribution < 1.29 is 4.79 Å². The highest BCUT2D eigenvalue weighted by atomic mass is 16.1. The predicted octanol–water partition coefficient (Wildman–Crippen LogP) is 1.03. The number of rotatable bonds is 6. The fourth-order valence-corrected chi connectivity index (χ4v) is 1.78. The molecule has 1 aromatic heterocycles. The molecule has 1 aromatic carbocycles. The molecule has 0 aliphatic carbocycles. The minimum Gasteiger partial charge on any atom is -0.355 e. The number of amides is 1. The van der Waals surface area contributed by atoms with Gasteiger partial charge in [0.25, 0.3) is 5.91 Å². The molecule has 5 heteroatoms. The van der Waals surface area contributed by atoms with Crippen molar-refractivity contribution in [2.75, 3.05) is 13.6 Å². The van der Waals surface area contributed by atoms with Gasteiger partial charge < -0.3 is 15.2 Å². The molecule has 2 aromatic rings. The second-order valence-electron chi connectivity index (χ2n) is 4.25. The molecule has 5 nitrogen and oxygen atoms in total. The minimum absolute atomic E-state index is 0.0559. The van der Waals surface area contributed by atoms with Crippen molar-refractivity contribution in [1.29, 1.82) is 0 Å². The average Bonchev–Trinajstić information content (AvgIpc) is 2.96. The summed E-state index contributed by atoms with van der Waals surface area (Å²) in [5, 5.41) is 5.96. The highest BCUT2D eigenvalue weighted by molar-refractivity contribution is 5.93. The van der Waals surface area contributed by atoms with Crippen LogP contribution in [-0.4, -0.2) is 29.1 Å². The summed E-state index contributed by atoms with van der Waals surface area (Å²) >= 11 is 0. The Hall–Kier alpha value is -2.14. The summed E-state index contributed by atoms with van der Waals surface area (Å²) in [6, 6.07) is 7.61. The van der Waals surface area contributed by atoms with Crippen LogP contribution < -0.4 is 10.6 Å². The summed E-state index contributed by atoms with van der Waals surface area (Å²) in [5.74, 6) is -0.0559. The Morgan fingerprint density at radius 3 is 2.74 bits per heavy atom. The van der Waals surface area contributed by atoms with E-state index in [0.29, 0.717) is 5.56 Å². The third-order valence-electron chi connectivity index (χ3n) is 2.88. The SMILES string of the molecule is CNC(=O)c1ccc(CNCCn2ccnc2)cc1. The summed E-state index contributed by atoms with van der Waals surface area (Å²) in [5.41, 5.74) is 1.85. The number of aromatic nitrogens is 2. The van der Waals surface area contributed by atoms with Gasteiger partial charge in [-0.3, -0.25) is 4.79 Å². The Labute approximate surface area is 112 Å². The van der Waals surface area contributed by atoms with E-state index in [-0.39, 0.29) is 5.91 Å². The fourth-order valence-electron chi connectivity index (χ4n) is 1.78. The van der Waals surface area contributed by atoms with Gasteiger partial charge in [-0.2, -0.15) is 0 Å². The van der Waals surface area contributed by atoms with E-state index in [4.69, 9.17) is 0 Å². The molecule has 0 aliphatic heterocycles. The smallest absolute Gasteiger partial charge is 0.251 e. The summed E-state index contributed by atoms with van der Waals surface area (Å²) in [4.78, 5) is 15.4. The van der Waals surface area contributed by atoms with Gasteiger partial charge in [0.15, 0.2) is 0 Å². The summed E-state index contributed by atoms with van der Waals surface area (Å²) < 4.78 is 2.03. The van der Waals surface area contributed by atoms with Crippen LogP contribution in [0.3, 0.4) is 0 Å². The second-order valence-corrected chi connectivity index (χ2v) is 4.25. The standard InChI is InChI=1S/C14H18N4O/c1-15-14(19)13-4-2-12(3-5-13)10-16-6-8-18-9-7-17-11-18/h2-5,7,9,11,16H,6,8,10H2,1H3,(H,15,19). The van der Waals surface area contributed by atoms with E-state index in [1.807, 2.05) is 35.0 Å². The first kappa shape index (κ1) is 13.3. The number of benzene rings is 1. The van der Waals surface area contributed by atoms with Crippen LogP contribution in [0.4, 0.5) is 0 Å². The van der Waals surface area contributed by atoms with Crippen LogP contribution in [0.15, 0.2) is 43.0 Å². The highest BCUT2D eigenvalue weighted by Gasteiger charge is 2.01. The van der Waals surface area contributed by atoms with Crippen LogP contribution >= 0.6 is 0 Å². The molecular formula is C14H18N4O. The predicted molar refractivity (Wildman–Crippen MR) is 73.8 cm³/mol. The molecule has 1 heterocycles. The zero-order valence-electron chi connectivity index (χ0n) is 11.0. The molecule has 0 atom stereocenters. The highest BCUT2D eigenvalue weighted by Crippen LogP contribution is 2.04. The summed E-state index contributed by atoms with van der Waals surface area (Å²) in [6.45, 7) is 2.58. The molecule has 0 aliphatic rings. The number of hydrogen-bond acceptors (Lipinski definition) is 3. The van der Waals surface area contributed by atoms with Crippen molar-refractivity contribution in [3.8, 4) is 0 Å². The Balaban J connectivity index is 1.75. The molecule has 0 fully saturated rings. The molecule has 100 valence electrons. The maximum absolute atomic E-state index is 11.4. The van der Waals surface area contributed by atoms with Gasteiger partial charge in [-0.1, -0.05) is 12.1 Å². The average molecular weight is 258 g/mol. The molecule has 0 spiro atoms. The van der Waals surface area contributed by atoms with Crippen LogP contribution in [0, 0.1) is 0 Å². The fraction of sp³-hybridized carbons (Fsp3) is 0.286. The normalized spacial score (nSPS) is 10.4. The van der Waals surface area contributed by atoms with Crippen LogP contribution in [0.25, 0.3) is 0 Å². The first-order valence-corrected chi connectivity index (χ1v) is 6.27. The van der Waals surface area contributed by atoms with E-state index in [2.05, 4.69) is 15.6 Å². The molecule has 0 saturated carbocycles. The van der Waals surface area contributed by atoms with Crippen LogP contribution in [0.2, 0.25) is 0 Å². The number of imidazole rings is 1. The van der Waals surface area contributed by atoms with Crippen LogP contribution in [0.1, 0.15) is 15.9 Å². The largest absolute Gasteiger partial charge is 0.355 e. The van der Waals surface area contributed by atoms with Crippen molar-refractivity contribution in [3.05, 3.63) is 54.1 Å². The number of carbonyl (C=O) groups is 1. The lowest BCUT2D eigenvalue weighted by Crippen LogP contribution is -2.19. The molecule has 0 unspecified atom stereocenters. The molecule has 0 radical (unpaired) electrons. The van der Waals surface area contributed by atoms with Gasteiger partial charge >= 0.3 is 0 Å². The molecular weight excluding hydrogens is 240 g/mol. The van der Waals surface area contributed by atoms with E-state index in [0.717, 1.165) is 19.6 Å². The van der Waals surface area contributed by atoms with Crippen molar-refractivity contribution >= 4 is 5.91 Å². The van der Waals surface area contributed by atoms with Crippen molar-refractivity contribution in [2.45, 2.75) is 13.1 Å². The first-order valence-electron chi connectivity index (χ1n) is 6.27. The molecule has 1 amide bonds. The Kier molecular flexibility index (Phi) is 4.69. The number of nitrogens with zero attached hydrogens (tertiary/aromatic N) is 2. The molecule has 2 rings (SSSR count). The van der Waals surface area contributed by atoms with E-state index in [1.165, 1.54) is 5.56 Å².